The van der Waals surface area contributed by atoms with Crippen LogP contribution in [0.1, 0.15) is 16.8 Å². The van der Waals surface area contributed by atoms with E-state index in [1.807, 2.05) is 0 Å². The molecule has 0 radical (unpaired) electrons. The van der Waals surface area contributed by atoms with Gasteiger partial charge in [0, 0.05) is 29.2 Å². The second kappa shape index (κ2) is 6.38. The maximum atomic E-state index is 13.2. The number of benzene rings is 2. The Morgan fingerprint density at radius 3 is 2.65 bits per heavy atom. The highest BCUT2D eigenvalue weighted by Crippen LogP contribution is 2.23. The number of halogens is 2. The van der Waals surface area contributed by atoms with Crippen LogP contribution in [0.5, 0.6) is 0 Å². The van der Waals surface area contributed by atoms with Crippen molar-refractivity contribution in [2.24, 2.45) is 0 Å². The number of carbonyl (C=O) groups excluding carboxylic acids is 2. The molecule has 6 heteroatoms. The fraction of sp³-hybridized carbons (Fsp3) is 0.176. The average Bonchev–Trinajstić information content (AvgIpc) is 2.88. The molecule has 1 unspecified atom stereocenters. The van der Waals surface area contributed by atoms with Crippen molar-refractivity contribution >= 4 is 29.1 Å². The van der Waals surface area contributed by atoms with Crippen LogP contribution >= 0.6 is 11.6 Å². The van der Waals surface area contributed by atoms with Crippen LogP contribution in [-0.4, -0.2) is 24.4 Å². The summed E-state index contributed by atoms with van der Waals surface area (Å²) >= 11 is 5.84. The quantitative estimate of drug-likeness (QED) is 0.939. The molecule has 0 saturated carbocycles. The maximum absolute atomic E-state index is 13.2. The fourth-order valence-corrected chi connectivity index (χ4v) is 2.70. The minimum atomic E-state index is -0.470. The van der Waals surface area contributed by atoms with Gasteiger partial charge in [0.1, 0.15) is 5.82 Å². The van der Waals surface area contributed by atoms with Crippen molar-refractivity contribution in [1.29, 1.82) is 0 Å². The zero-order valence-electron chi connectivity index (χ0n) is 12.1. The van der Waals surface area contributed by atoms with Gasteiger partial charge in [-0.1, -0.05) is 17.7 Å². The van der Waals surface area contributed by atoms with Gasteiger partial charge in [0.25, 0.3) is 5.91 Å². The van der Waals surface area contributed by atoms with Gasteiger partial charge in [-0.2, -0.15) is 0 Å². The maximum Gasteiger partial charge on any atom is 0.251 e. The van der Waals surface area contributed by atoms with E-state index >= 15 is 0 Å². The molecule has 2 amide bonds. The summed E-state index contributed by atoms with van der Waals surface area (Å²) in [4.78, 5) is 25.9. The van der Waals surface area contributed by atoms with Gasteiger partial charge in [-0.3, -0.25) is 9.59 Å². The van der Waals surface area contributed by atoms with Crippen LogP contribution in [0.15, 0.2) is 48.5 Å². The van der Waals surface area contributed by atoms with Gasteiger partial charge in [-0.15, -0.1) is 0 Å². The van der Waals surface area contributed by atoms with E-state index in [9.17, 15) is 14.0 Å². The van der Waals surface area contributed by atoms with Crippen LogP contribution in [0.3, 0.4) is 0 Å². The summed E-state index contributed by atoms with van der Waals surface area (Å²) in [6.45, 7) is 0.377. The van der Waals surface area contributed by atoms with Crippen molar-refractivity contribution in [3.8, 4) is 0 Å². The monoisotopic (exact) mass is 332 g/mol. The Morgan fingerprint density at radius 2 is 1.96 bits per heavy atom. The Hall–Kier alpha value is -2.40. The van der Waals surface area contributed by atoms with Crippen LogP contribution in [0.25, 0.3) is 0 Å². The van der Waals surface area contributed by atoms with E-state index in [0.717, 1.165) is 5.69 Å². The third kappa shape index (κ3) is 3.51. The third-order valence-corrected chi connectivity index (χ3v) is 3.94. The number of hydrogen-bond acceptors (Lipinski definition) is 2. The van der Waals surface area contributed by atoms with Crippen LogP contribution < -0.4 is 10.2 Å². The van der Waals surface area contributed by atoms with Crippen molar-refractivity contribution in [2.75, 3.05) is 11.4 Å². The topological polar surface area (TPSA) is 49.4 Å². The molecular weight excluding hydrogens is 319 g/mol. The summed E-state index contributed by atoms with van der Waals surface area (Å²) in [7, 11) is 0. The number of anilines is 1. The molecule has 1 saturated heterocycles. The standard InChI is InChI=1S/C17H14ClFN2O2/c18-12-4-6-15(7-5-12)21-10-14(9-16(21)22)20-17(23)11-2-1-3-13(19)8-11/h1-8,14H,9-10H2,(H,20,23). The smallest absolute Gasteiger partial charge is 0.251 e. The van der Waals surface area contributed by atoms with Crippen LogP contribution in [0.4, 0.5) is 10.1 Å². The summed E-state index contributed by atoms with van der Waals surface area (Å²) in [5.74, 6) is -0.931. The number of amides is 2. The van der Waals surface area contributed by atoms with E-state index < -0.39 is 5.82 Å². The summed E-state index contributed by atoms with van der Waals surface area (Å²) < 4.78 is 13.2. The highest BCUT2D eigenvalue weighted by Gasteiger charge is 2.31. The molecule has 1 aliphatic rings. The second-order valence-electron chi connectivity index (χ2n) is 5.37. The summed E-state index contributed by atoms with van der Waals surface area (Å²) in [5, 5.41) is 3.36. The lowest BCUT2D eigenvalue weighted by Crippen LogP contribution is -2.37. The van der Waals surface area contributed by atoms with Gasteiger partial charge in [0.05, 0.1) is 6.04 Å². The molecule has 23 heavy (non-hydrogen) atoms. The highest BCUT2D eigenvalue weighted by molar-refractivity contribution is 6.30. The van der Waals surface area contributed by atoms with Crippen molar-refractivity contribution in [3.05, 3.63) is 64.9 Å². The van der Waals surface area contributed by atoms with E-state index in [2.05, 4.69) is 5.32 Å². The van der Waals surface area contributed by atoms with Crippen LogP contribution in [0, 0.1) is 5.82 Å². The lowest BCUT2D eigenvalue weighted by molar-refractivity contribution is -0.117. The van der Waals surface area contributed by atoms with E-state index in [1.54, 1.807) is 29.2 Å². The molecule has 1 aliphatic heterocycles. The fourth-order valence-electron chi connectivity index (χ4n) is 2.57. The van der Waals surface area contributed by atoms with Gasteiger partial charge >= 0.3 is 0 Å². The van der Waals surface area contributed by atoms with Crippen molar-refractivity contribution < 1.29 is 14.0 Å². The molecule has 3 rings (SSSR count). The Labute approximate surface area is 137 Å². The first-order valence-corrected chi connectivity index (χ1v) is 7.53. The second-order valence-corrected chi connectivity index (χ2v) is 5.80. The van der Waals surface area contributed by atoms with E-state index in [1.165, 1.54) is 24.3 Å². The molecular formula is C17H14ClFN2O2. The van der Waals surface area contributed by atoms with Crippen molar-refractivity contribution in [1.82, 2.24) is 5.32 Å². The molecule has 0 spiro atoms. The first-order valence-electron chi connectivity index (χ1n) is 7.15. The Kier molecular flexibility index (Phi) is 4.30. The highest BCUT2D eigenvalue weighted by atomic mass is 35.5. The van der Waals surface area contributed by atoms with Gasteiger partial charge in [-0.25, -0.2) is 4.39 Å². The van der Waals surface area contributed by atoms with E-state index in [4.69, 9.17) is 11.6 Å². The normalized spacial score (nSPS) is 17.4. The molecule has 1 fully saturated rings. The minimum Gasteiger partial charge on any atom is -0.347 e. The molecule has 0 aromatic heterocycles. The number of carbonyl (C=O) groups is 2. The summed E-state index contributed by atoms with van der Waals surface area (Å²) in [6.07, 6.45) is 0.212. The Balaban J connectivity index is 1.68. The Bertz CT molecular complexity index is 749. The summed E-state index contributed by atoms with van der Waals surface area (Å²) in [6, 6.07) is 12.1. The largest absolute Gasteiger partial charge is 0.347 e. The Morgan fingerprint density at radius 1 is 1.22 bits per heavy atom. The number of rotatable bonds is 3. The summed E-state index contributed by atoms with van der Waals surface area (Å²) in [5.41, 5.74) is 0.976. The molecule has 0 aliphatic carbocycles. The van der Waals surface area contributed by atoms with Crippen molar-refractivity contribution in [2.45, 2.75) is 12.5 Å². The number of nitrogens with zero attached hydrogens (tertiary/aromatic N) is 1. The van der Waals surface area contributed by atoms with E-state index in [-0.39, 0.29) is 29.8 Å². The first kappa shape index (κ1) is 15.5. The molecule has 2 aromatic carbocycles. The molecule has 1 heterocycles. The molecule has 2 aromatic rings. The predicted molar refractivity (Wildman–Crippen MR) is 86.1 cm³/mol. The van der Waals surface area contributed by atoms with Gasteiger partial charge in [0.15, 0.2) is 0 Å². The van der Waals surface area contributed by atoms with Gasteiger partial charge < -0.3 is 10.2 Å². The van der Waals surface area contributed by atoms with Crippen LogP contribution in [0.2, 0.25) is 5.02 Å². The first-order chi connectivity index (χ1) is 11.0. The van der Waals surface area contributed by atoms with Gasteiger partial charge in [-0.05, 0) is 42.5 Å². The minimum absolute atomic E-state index is 0.0723. The molecule has 4 nitrogen and oxygen atoms in total. The molecule has 118 valence electrons. The number of hydrogen-bond donors (Lipinski definition) is 1. The van der Waals surface area contributed by atoms with Crippen LogP contribution in [-0.2, 0) is 4.79 Å². The predicted octanol–water partition coefficient (Wildman–Crippen LogP) is 3.01. The zero-order chi connectivity index (χ0) is 16.4. The van der Waals surface area contributed by atoms with Crippen molar-refractivity contribution in [3.63, 3.8) is 0 Å². The molecule has 1 atom stereocenters. The third-order valence-electron chi connectivity index (χ3n) is 3.69. The zero-order valence-corrected chi connectivity index (χ0v) is 12.9. The molecule has 0 bridgehead atoms. The van der Waals surface area contributed by atoms with Gasteiger partial charge in [0.2, 0.25) is 5.91 Å². The van der Waals surface area contributed by atoms with E-state index in [0.29, 0.717) is 11.6 Å². The average molecular weight is 333 g/mol. The lowest BCUT2D eigenvalue weighted by Gasteiger charge is -2.17. The lowest BCUT2D eigenvalue weighted by atomic mass is 10.2. The number of nitrogens with one attached hydrogen (secondary N) is 1. The SMILES string of the molecule is O=C(NC1CC(=O)N(c2ccc(Cl)cc2)C1)c1cccc(F)c1. The molecule has 1 N–H and O–H groups in total.